The van der Waals surface area contributed by atoms with Crippen molar-refractivity contribution >= 4 is 6.03 Å². The van der Waals surface area contributed by atoms with Gasteiger partial charge < -0.3 is 14.8 Å². The molecule has 1 spiro atoms. The molecule has 5 heteroatoms. The number of aryl methyl sites for hydroxylation is 1. The number of amides is 2. The minimum absolute atomic E-state index is 0.126. The Kier molecular flexibility index (Phi) is 5.36. The van der Waals surface area contributed by atoms with E-state index in [-0.39, 0.29) is 6.03 Å². The van der Waals surface area contributed by atoms with Gasteiger partial charge in [0.25, 0.3) is 0 Å². The molecule has 2 amide bonds. The third-order valence-corrected chi connectivity index (χ3v) is 5.19. The summed E-state index contributed by atoms with van der Waals surface area (Å²) in [5, 5.41) is 3.10. The number of allylic oxidation sites excluding steroid dienone is 2. The Bertz CT molecular complexity index is 525. The third-order valence-electron chi connectivity index (χ3n) is 5.19. The minimum atomic E-state index is 0.126. The van der Waals surface area contributed by atoms with E-state index in [1.165, 1.54) is 19.3 Å². The number of rotatable bonds is 5. The van der Waals surface area contributed by atoms with Gasteiger partial charge in [-0.05, 0) is 50.4 Å². The number of piperidine rings is 1. The van der Waals surface area contributed by atoms with Crippen LogP contribution in [0.1, 0.15) is 44.9 Å². The van der Waals surface area contributed by atoms with Gasteiger partial charge >= 0.3 is 6.03 Å². The van der Waals surface area contributed by atoms with Crippen LogP contribution in [0.5, 0.6) is 0 Å². The predicted octanol–water partition coefficient (Wildman–Crippen LogP) is 3.20. The number of likely N-dealkylation sites (tertiary alicyclic amines) is 1. The Morgan fingerprint density at radius 3 is 3.00 bits per heavy atom. The second kappa shape index (κ2) is 7.66. The maximum Gasteiger partial charge on any atom is 0.317 e. The van der Waals surface area contributed by atoms with Gasteiger partial charge in [0.15, 0.2) is 0 Å². The average molecular weight is 316 g/mol. The lowest BCUT2D eigenvalue weighted by atomic mass is 9.71. The fourth-order valence-corrected chi connectivity index (χ4v) is 3.84. The van der Waals surface area contributed by atoms with Crippen LogP contribution in [0.2, 0.25) is 0 Å². The molecule has 126 valence electrons. The quantitative estimate of drug-likeness (QED) is 0.670. The zero-order valence-corrected chi connectivity index (χ0v) is 13.9. The predicted molar refractivity (Wildman–Crippen MR) is 91.1 cm³/mol. The molecule has 1 saturated heterocycles. The second-order valence-electron chi connectivity index (χ2n) is 6.98. The molecule has 0 bridgehead atoms. The summed E-state index contributed by atoms with van der Waals surface area (Å²) in [5.74, 6) is 0. The minimum Gasteiger partial charge on any atom is -0.338 e. The number of nitrogens with one attached hydrogen (secondary N) is 1. The maximum atomic E-state index is 12.4. The summed E-state index contributed by atoms with van der Waals surface area (Å²) in [7, 11) is 0. The molecule has 0 saturated carbocycles. The molecule has 1 N–H and O–H groups in total. The molecule has 3 rings (SSSR count). The fraction of sp³-hybridized carbons (Fsp3) is 0.667. The Morgan fingerprint density at radius 1 is 1.26 bits per heavy atom. The molecule has 0 radical (unpaired) electrons. The van der Waals surface area contributed by atoms with E-state index in [1.807, 2.05) is 17.4 Å². The first-order chi connectivity index (χ1) is 11.3. The number of aromatic nitrogens is 2. The van der Waals surface area contributed by atoms with Crippen LogP contribution in [-0.4, -0.2) is 40.1 Å². The van der Waals surface area contributed by atoms with Crippen molar-refractivity contribution < 1.29 is 4.79 Å². The number of carbonyl (C=O) groups is 1. The van der Waals surface area contributed by atoms with Crippen LogP contribution in [0.3, 0.4) is 0 Å². The number of unbranched alkanes of at least 4 members (excludes halogenated alkanes) is 1. The van der Waals surface area contributed by atoms with Gasteiger partial charge in [-0.1, -0.05) is 12.2 Å². The van der Waals surface area contributed by atoms with E-state index >= 15 is 0 Å². The smallest absolute Gasteiger partial charge is 0.317 e. The van der Waals surface area contributed by atoms with Crippen LogP contribution < -0.4 is 5.32 Å². The molecule has 1 aromatic rings. The number of nitrogens with zero attached hydrogens (tertiary/aromatic N) is 3. The summed E-state index contributed by atoms with van der Waals surface area (Å²) in [6.07, 6.45) is 18.2. The van der Waals surface area contributed by atoms with Crippen molar-refractivity contribution in [2.75, 3.05) is 19.6 Å². The summed E-state index contributed by atoms with van der Waals surface area (Å²) in [4.78, 5) is 18.5. The molecule has 1 atom stereocenters. The topological polar surface area (TPSA) is 50.2 Å². The van der Waals surface area contributed by atoms with E-state index in [0.717, 1.165) is 51.9 Å². The number of hydrogen-bond acceptors (Lipinski definition) is 2. The molecule has 23 heavy (non-hydrogen) atoms. The van der Waals surface area contributed by atoms with Gasteiger partial charge in [-0.3, -0.25) is 0 Å². The molecule has 2 heterocycles. The van der Waals surface area contributed by atoms with Crippen LogP contribution in [-0.2, 0) is 6.54 Å². The first-order valence-corrected chi connectivity index (χ1v) is 8.91. The zero-order chi connectivity index (χ0) is 16.0. The Hall–Kier alpha value is -1.78. The van der Waals surface area contributed by atoms with Crippen molar-refractivity contribution in [3.8, 4) is 0 Å². The Balaban J connectivity index is 1.37. The van der Waals surface area contributed by atoms with Crippen LogP contribution in [0, 0.1) is 5.41 Å². The highest BCUT2D eigenvalue weighted by molar-refractivity contribution is 5.74. The van der Waals surface area contributed by atoms with Crippen LogP contribution in [0.25, 0.3) is 0 Å². The Labute approximate surface area is 138 Å². The lowest BCUT2D eigenvalue weighted by Crippen LogP contribution is -2.50. The third kappa shape index (κ3) is 4.36. The van der Waals surface area contributed by atoms with Gasteiger partial charge in [0.1, 0.15) is 0 Å². The van der Waals surface area contributed by atoms with Crippen molar-refractivity contribution in [2.24, 2.45) is 5.41 Å². The highest BCUT2D eigenvalue weighted by Crippen LogP contribution is 2.40. The first kappa shape index (κ1) is 16.1. The lowest BCUT2D eigenvalue weighted by molar-refractivity contribution is 0.0960. The first-order valence-electron chi connectivity index (χ1n) is 8.91. The highest BCUT2D eigenvalue weighted by atomic mass is 16.2. The van der Waals surface area contributed by atoms with Crippen LogP contribution >= 0.6 is 0 Å². The molecule has 1 unspecified atom stereocenters. The number of carbonyl (C=O) groups excluding carboxylic acids is 1. The molecule has 2 aliphatic rings. The van der Waals surface area contributed by atoms with Gasteiger partial charge in [-0.15, -0.1) is 0 Å². The standard InChI is InChI=1S/C18H28N4O/c23-17(20-10-4-5-12-21-14-11-19-16-21)22-13-6-9-18(15-22)7-2-1-3-8-18/h1-2,11,14,16H,3-10,12-13,15H2,(H,20,23). The summed E-state index contributed by atoms with van der Waals surface area (Å²) < 4.78 is 2.08. The van der Waals surface area contributed by atoms with Crippen molar-refractivity contribution in [1.29, 1.82) is 0 Å². The SMILES string of the molecule is O=C(NCCCCn1ccnc1)N1CCCC2(CC=CCC2)C1. The van der Waals surface area contributed by atoms with Crippen molar-refractivity contribution in [1.82, 2.24) is 19.8 Å². The van der Waals surface area contributed by atoms with Gasteiger partial charge in [0.2, 0.25) is 0 Å². The van der Waals surface area contributed by atoms with E-state index in [9.17, 15) is 4.79 Å². The van der Waals surface area contributed by atoms with Crippen molar-refractivity contribution in [3.05, 3.63) is 30.9 Å². The van der Waals surface area contributed by atoms with Crippen LogP contribution in [0.4, 0.5) is 4.79 Å². The molecular formula is C18H28N4O. The van der Waals surface area contributed by atoms with E-state index in [1.54, 1.807) is 6.20 Å². The molecule has 5 nitrogen and oxygen atoms in total. The molecule has 1 aliphatic heterocycles. The van der Waals surface area contributed by atoms with Gasteiger partial charge in [-0.2, -0.15) is 0 Å². The summed E-state index contributed by atoms with van der Waals surface area (Å²) in [6, 6.07) is 0.126. The van der Waals surface area contributed by atoms with Gasteiger partial charge in [-0.25, -0.2) is 9.78 Å². The monoisotopic (exact) mass is 316 g/mol. The molecule has 1 aliphatic carbocycles. The molecule has 1 fully saturated rings. The van der Waals surface area contributed by atoms with Crippen LogP contribution in [0.15, 0.2) is 30.9 Å². The summed E-state index contributed by atoms with van der Waals surface area (Å²) >= 11 is 0. The maximum absolute atomic E-state index is 12.4. The fourth-order valence-electron chi connectivity index (χ4n) is 3.84. The molecule has 0 aromatic carbocycles. The zero-order valence-electron chi connectivity index (χ0n) is 13.9. The number of hydrogen-bond donors (Lipinski definition) is 1. The number of imidazole rings is 1. The normalized spacial score (nSPS) is 24.1. The average Bonchev–Trinajstić information content (AvgIpc) is 3.08. The second-order valence-corrected chi connectivity index (χ2v) is 6.98. The largest absolute Gasteiger partial charge is 0.338 e. The van der Waals surface area contributed by atoms with Gasteiger partial charge in [0, 0.05) is 38.6 Å². The van der Waals surface area contributed by atoms with E-state index in [4.69, 9.17) is 0 Å². The lowest BCUT2D eigenvalue weighted by Gasteiger charge is -2.43. The van der Waals surface area contributed by atoms with E-state index < -0.39 is 0 Å². The molecule has 1 aromatic heterocycles. The van der Waals surface area contributed by atoms with Gasteiger partial charge in [0.05, 0.1) is 6.33 Å². The highest BCUT2D eigenvalue weighted by Gasteiger charge is 2.36. The number of urea groups is 1. The van der Waals surface area contributed by atoms with E-state index in [2.05, 4.69) is 27.0 Å². The summed E-state index contributed by atoms with van der Waals surface area (Å²) in [6.45, 7) is 3.57. The van der Waals surface area contributed by atoms with Crippen molar-refractivity contribution in [3.63, 3.8) is 0 Å². The Morgan fingerprint density at radius 2 is 2.22 bits per heavy atom. The molecular weight excluding hydrogens is 288 g/mol. The van der Waals surface area contributed by atoms with Crippen molar-refractivity contribution in [2.45, 2.75) is 51.5 Å². The summed E-state index contributed by atoms with van der Waals surface area (Å²) in [5.41, 5.74) is 0.353. The van der Waals surface area contributed by atoms with E-state index in [0.29, 0.717) is 5.41 Å².